The molecule has 10 heteroatoms. The number of nitrogens with one attached hydrogen (secondary N) is 2. The number of aromatic hydroxyl groups is 2. The first-order valence-electron chi connectivity index (χ1n) is 15.3. The topological polar surface area (TPSA) is 125 Å². The van der Waals surface area contributed by atoms with E-state index in [4.69, 9.17) is 4.74 Å². The number of phenols is 2. The maximum atomic E-state index is 14.8. The van der Waals surface area contributed by atoms with E-state index in [-0.39, 0.29) is 41.2 Å². The molecule has 0 bridgehead atoms. The van der Waals surface area contributed by atoms with Crippen LogP contribution in [0.5, 0.6) is 11.5 Å². The number of hydrogen-bond acceptors (Lipinski definition) is 10. The first-order valence-corrected chi connectivity index (χ1v) is 16.9. The monoisotopic (exact) mass is 670 g/mol. The van der Waals surface area contributed by atoms with Crippen molar-refractivity contribution >= 4 is 52.4 Å². The Kier molecular flexibility index (Phi) is 10.2. The zero-order valence-electron chi connectivity index (χ0n) is 27.0. The van der Waals surface area contributed by atoms with Crippen molar-refractivity contribution in [2.75, 3.05) is 30.3 Å². The average molecular weight is 671 g/mol. The van der Waals surface area contributed by atoms with Crippen LogP contribution in [0, 0.1) is 11.3 Å². The van der Waals surface area contributed by atoms with Crippen molar-refractivity contribution in [1.29, 1.82) is 0 Å². The molecule has 5 rings (SSSR count). The van der Waals surface area contributed by atoms with E-state index in [9.17, 15) is 24.6 Å². The van der Waals surface area contributed by atoms with Crippen molar-refractivity contribution in [2.24, 2.45) is 11.3 Å². The Morgan fingerprint density at radius 3 is 1.60 bits per heavy atom. The molecule has 8 nitrogen and oxygen atoms in total. The molecule has 0 atom stereocenters. The molecule has 4 N–H and O–H groups in total. The molecule has 47 heavy (non-hydrogen) atoms. The fourth-order valence-corrected chi connectivity index (χ4v) is 7.00. The minimum Gasteiger partial charge on any atom is -0.508 e. The second-order valence-corrected chi connectivity index (χ2v) is 14.9. The highest BCUT2D eigenvalue weighted by Gasteiger charge is 2.38. The van der Waals surface area contributed by atoms with Gasteiger partial charge in [-0.15, -0.1) is 0 Å². The zero-order valence-corrected chi connectivity index (χ0v) is 28.6. The number of carbonyl (C=O) groups is 3. The van der Waals surface area contributed by atoms with Gasteiger partial charge in [-0.05, 0) is 78.7 Å². The maximum absolute atomic E-state index is 14.8. The van der Waals surface area contributed by atoms with Crippen molar-refractivity contribution in [3.8, 4) is 11.5 Å². The van der Waals surface area contributed by atoms with Gasteiger partial charge in [0.15, 0.2) is 11.6 Å². The van der Waals surface area contributed by atoms with Gasteiger partial charge in [0, 0.05) is 67.5 Å². The van der Waals surface area contributed by atoms with E-state index in [1.165, 1.54) is 30.4 Å². The molecule has 0 saturated carbocycles. The third-order valence-electron chi connectivity index (χ3n) is 7.50. The van der Waals surface area contributed by atoms with Crippen molar-refractivity contribution in [1.82, 2.24) is 0 Å². The molecule has 0 fully saturated rings. The van der Waals surface area contributed by atoms with Gasteiger partial charge in [-0.1, -0.05) is 51.2 Å². The predicted molar refractivity (Wildman–Crippen MR) is 186 cm³/mol. The van der Waals surface area contributed by atoms with Gasteiger partial charge in [0.05, 0.1) is 17.7 Å². The lowest BCUT2D eigenvalue weighted by molar-refractivity contribution is -0.143. The van der Waals surface area contributed by atoms with E-state index in [1.807, 2.05) is 38.1 Å². The van der Waals surface area contributed by atoms with Gasteiger partial charge in [-0.2, -0.15) is 0 Å². The lowest BCUT2D eigenvalue weighted by Gasteiger charge is -2.29. The van der Waals surface area contributed by atoms with Gasteiger partial charge in [0.2, 0.25) is 0 Å². The number of benzene rings is 4. The van der Waals surface area contributed by atoms with Crippen LogP contribution >= 0.6 is 23.5 Å². The Balaban J connectivity index is 1.65. The Morgan fingerprint density at radius 2 is 1.17 bits per heavy atom. The van der Waals surface area contributed by atoms with Crippen LogP contribution in [-0.2, 0) is 9.53 Å². The summed E-state index contributed by atoms with van der Waals surface area (Å²) in [5.74, 6) is -0.354. The average Bonchev–Trinajstić information content (AvgIpc) is 3.03. The molecule has 244 valence electrons. The third-order valence-corrected chi connectivity index (χ3v) is 9.63. The fourth-order valence-electron chi connectivity index (χ4n) is 5.08. The Hall–Kier alpha value is -4.41. The molecule has 4 aromatic carbocycles. The van der Waals surface area contributed by atoms with Crippen molar-refractivity contribution in [3.63, 3.8) is 0 Å². The SMILES string of the molecule is CC(=O)OCC(C)(C)CNc1ccc(Sc2ccc(O)cc2)c2c1C(=O)c1c(Sc3ccc(O)cc3)ccc(NCC(C)C)c1C2=O. The van der Waals surface area contributed by atoms with Crippen LogP contribution in [0.4, 0.5) is 11.4 Å². The van der Waals surface area contributed by atoms with Gasteiger partial charge in [0.1, 0.15) is 11.5 Å². The second-order valence-electron chi connectivity index (χ2n) is 12.6. The zero-order chi connectivity index (χ0) is 33.9. The van der Waals surface area contributed by atoms with Crippen LogP contribution in [0.15, 0.2) is 92.4 Å². The number of esters is 1. The number of ether oxygens (including phenoxy) is 1. The summed E-state index contributed by atoms with van der Waals surface area (Å²) in [6.45, 7) is 10.6. The van der Waals surface area contributed by atoms with Gasteiger partial charge < -0.3 is 25.6 Å². The maximum Gasteiger partial charge on any atom is 0.302 e. The van der Waals surface area contributed by atoms with Crippen LogP contribution in [0.1, 0.15) is 66.5 Å². The van der Waals surface area contributed by atoms with Crippen molar-refractivity contribution in [3.05, 3.63) is 95.1 Å². The summed E-state index contributed by atoms with van der Waals surface area (Å²) in [6.07, 6.45) is 0. The van der Waals surface area contributed by atoms with Gasteiger partial charge in [-0.3, -0.25) is 14.4 Å². The molecule has 0 amide bonds. The molecule has 0 heterocycles. The molecule has 0 unspecified atom stereocenters. The molecule has 0 aromatic heterocycles. The Labute approximate surface area is 283 Å². The smallest absolute Gasteiger partial charge is 0.302 e. The van der Waals surface area contributed by atoms with E-state index >= 15 is 0 Å². The third kappa shape index (κ3) is 7.94. The molecule has 0 radical (unpaired) electrons. The lowest BCUT2D eigenvalue weighted by atomic mass is 9.82. The molecule has 0 saturated heterocycles. The summed E-state index contributed by atoms with van der Waals surface area (Å²) in [5.41, 5.74) is 1.87. The molecule has 1 aliphatic rings. The quantitative estimate of drug-likeness (QED) is 0.0965. The Bertz CT molecular complexity index is 1820. The molecule has 1 aliphatic carbocycles. The fraction of sp³-hybridized carbons (Fsp3) is 0.270. The van der Waals surface area contributed by atoms with Gasteiger partial charge >= 0.3 is 5.97 Å². The summed E-state index contributed by atoms with van der Waals surface area (Å²) in [6, 6.07) is 20.8. The van der Waals surface area contributed by atoms with Gasteiger partial charge in [0.25, 0.3) is 0 Å². The molecule has 4 aromatic rings. The molecular weight excluding hydrogens is 633 g/mol. The molecular formula is C37H38N2O6S2. The van der Waals surface area contributed by atoms with Crippen LogP contribution in [0.2, 0.25) is 0 Å². The number of carbonyl (C=O) groups excluding carboxylic acids is 3. The van der Waals surface area contributed by atoms with E-state index in [2.05, 4.69) is 24.5 Å². The highest BCUT2D eigenvalue weighted by atomic mass is 32.2. The second kappa shape index (κ2) is 14.1. The Morgan fingerprint density at radius 1 is 0.723 bits per heavy atom. The van der Waals surface area contributed by atoms with E-state index in [0.29, 0.717) is 56.9 Å². The lowest BCUT2D eigenvalue weighted by Crippen LogP contribution is -2.31. The number of hydrogen-bond donors (Lipinski definition) is 4. The standard InChI is InChI=1S/C37H38N2O6S2/c1-21(2)18-38-27-14-16-29(46-25-10-6-23(41)7-11-25)33-31(27)35(43)34-30(47-26-12-8-24(42)9-13-26)17-15-28(32(34)36(33)44)39-19-37(4,5)20-45-22(3)40/h6-17,21,38-39,41-42H,18-20H2,1-5H3. The summed E-state index contributed by atoms with van der Waals surface area (Å²) in [7, 11) is 0. The number of anilines is 2. The largest absolute Gasteiger partial charge is 0.508 e. The minimum absolute atomic E-state index is 0.131. The highest BCUT2D eigenvalue weighted by molar-refractivity contribution is 7.99. The first-order chi connectivity index (χ1) is 22.3. The molecule has 0 aliphatic heterocycles. The predicted octanol–water partition coefficient (Wildman–Crippen LogP) is 8.24. The van der Waals surface area contributed by atoms with E-state index in [1.54, 1.807) is 48.5 Å². The number of ketones is 2. The summed E-state index contributed by atoms with van der Waals surface area (Å²) in [5, 5.41) is 26.4. The summed E-state index contributed by atoms with van der Waals surface area (Å²) >= 11 is 2.70. The van der Waals surface area contributed by atoms with Crippen LogP contribution in [0.25, 0.3) is 0 Å². The van der Waals surface area contributed by atoms with Crippen molar-refractivity contribution < 1.29 is 29.3 Å². The van der Waals surface area contributed by atoms with Crippen LogP contribution in [-0.4, -0.2) is 47.4 Å². The van der Waals surface area contributed by atoms with Crippen LogP contribution < -0.4 is 10.6 Å². The molecule has 0 spiro atoms. The van der Waals surface area contributed by atoms with Crippen LogP contribution in [0.3, 0.4) is 0 Å². The normalized spacial score (nSPS) is 12.5. The summed E-state index contributed by atoms with van der Waals surface area (Å²) < 4.78 is 5.27. The number of rotatable bonds is 12. The van der Waals surface area contributed by atoms with Gasteiger partial charge in [-0.25, -0.2) is 0 Å². The van der Waals surface area contributed by atoms with E-state index < -0.39 is 5.41 Å². The van der Waals surface area contributed by atoms with E-state index in [0.717, 1.165) is 9.79 Å². The minimum atomic E-state index is -0.467. The summed E-state index contributed by atoms with van der Waals surface area (Å²) in [4.78, 5) is 44.0. The number of fused-ring (bicyclic) bond motifs is 2. The highest BCUT2D eigenvalue weighted by Crippen LogP contribution is 2.46. The van der Waals surface area contributed by atoms with Crippen molar-refractivity contribution in [2.45, 2.75) is 54.2 Å². The first kappa shape index (κ1) is 33.9. The number of phenolic OH excluding ortho intramolecular Hbond substituents is 2.